The molecule has 0 spiro atoms. The molecule has 0 unspecified atom stereocenters. The van der Waals surface area contributed by atoms with E-state index in [1.165, 1.54) is 6.07 Å². The maximum atomic E-state index is 11.1. The molecule has 0 saturated heterocycles. The standard InChI is InChI=1S/C12H8O3.C2H6/c1-7-8-2-3-12(13)15-11(8)6-10-9(7)4-5-14-10;1-2/h2-6H,1H3;1-2H3. The van der Waals surface area contributed by atoms with Gasteiger partial charge >= 0.3 is 5.63 Å². The maximum absolute atomic E-state index is 11.1. The molecule has 88 valence electrons. The first-order valence-corrected chi connectivity index (χ1v) is 5.66. The van der Waals surface area contributed by atoms with Gasteiger partial charge in [-0.15, -0.1) is 0 Å². The number of aryl methyl sites for hydroxylation is 1. The summed E-state index contributed by atoms with van der Waals surface area (Å²) >= 11 is 0. The minimum Gasteiger partial charge on any atom is -0.464 e. The Morgan fingerprint density at radius 2 is 1.71 bits per heavy atom. The summed E-state index contributed by atoms with van der Waals surface area (Å²) in [4.78, 5) is 11.1. The molecule has 3 aromatic rings. The minimum absolute atomic E-state index is 0.340. The van der Waals surface area contributed by atoms with Crippen molar-refractivity contribution in [2.75, 3.05) is 0 Å². The van der Waals surface area contributed by atoms with E-state index >= 15 is 0 Å². The first kappa shape index (κ1) is 11.5. The van der Waals surface area contributed by atoms with E-state index in [1.807, 2.05) is 26.8 Å². The predicted octanol–water partition coefficient (Wildman–Crippen LogP) is 3.87. The lowest BCUT2D eigenvalue weighted by Gasteiger charge is -2.00. The van der Waals surface area contributed by atoms with Gasteiger partial charge in [0.25, 0.3) is 0 Å². The largest absolute Gasteiger partial charge is 0.464 e. The highest BCUT2D eigenvalue weighted by Gasteiger charge is 2.07. The van der Waals surface area contributed by atoms with Crippen LogP contribution in [0.15, 0.2) is 44.2 Å². The fourth-order valence-electron chi connectivity index (χ4n) is 1.85. The van der Waals surface area contributed by atoms with Gasteiger partial charge in [-0.2, -0.15) is 0 Å². The second-order valence-electron chi connectivity index (χ2n) is 3.50. The quantitative estimate of drug-likeness (QED) is 0.550. The van der Waals surface area contributed by atoms with E-state index in [4.69, 9.17) is 8.83 Å². The maximum Gasteiger partial charge on any atom is 0.336 e. The second-order valence-corrected chi connectivity index (χ2v) is 3.50. The average molecular weight is 230 g/mol. The molecule has 0 N–H and O–H groups in total. The highest BCUT2D eigenvalue weighted by molar-refractivity contribution is 5.97. The Morgan fingerprint density at radius 3 is 2.47 bits per heavy atom. The van der Waals surface area contributed by atoms with Gasteiger partial charge in [-0.1, -0.05) is 13.8 Å². The lowest BCUT2D eigenvalue weighted by Crippen LogP contribution is -1.95. The summed E-state index contributed by atoms with van der Waals surface area (Å²) in [7, 11) is 0. The van der Waals surface area contributed by atoms with Crippen LogP contribution in [0.5, 0.6) is 0 Å². The van der Waals surface area contributed by atoms with Crippen LogP contribution in [-0.2, 0) is 0 Å². The zero-order valence-corrected chi connectivity index (χ0v) is 10.1. The van der Waals surface area contributed by atoms with Crippen LogP contribution < -0.4 is 5.63 Å². The number of fused-ring (bicyclic) bond motifs is 2. The van der Waals surface area contributed by atoms with E-state index in [0.29, 0.717) is 5.58 Å². The van der Waals surface area contributed by atoms with Gasteiger partial charge < -0.3 is 8.83 Å². The number of hydrogen-bond donors (Lipinski definition) is 0. The molecule has 17 heavy (non-hydrogen) atoms. The molecule has 0 aliphatic rings. The third-order valence-electron chi connectivity index (χ3n) is 2.63. The van der Waals surface area contributed by atoms with E-state index in [2.05, 4.69) is 0 Å². The Balaban J connectivity index is 0.000000514. The van der Waals surface area contributed by atoms with Gasteiger partial charge in [-0.05, 0) is 24.6 Å². The van der Waals surface area contributed by atoms with Crippen LogP contribution >= 0.6 is 0 Å². The summed E-state index contributed by atoms with van der Waals surface area (Å²) in [5.41, 5.74) is 2.05. The highest BCUT2D eigenvalue weighted by atomic mass is 16.4. The molecule has 3 nitrogen and oxygen atoms in total. The molecule has 3 heteroatoms. The van der Waals surface area contributed by atoms with Crippen LogP contribution in [-0.4, -0.2) is 0 Å². The van der Waals surface area contributed by atoms with Crippen molar-refractivity contribution in [1.29, 1.82) is 0 Å². The van der Waals surface area contributed by atoms with Gasteiger partial charge in [0.2, 0.25) is 0 Å². The van der Waals surface area contributed by atoms with E-state index in [-0.39, 0.29) is 5.63 Å². The molecule has 0 aliphatic carbocycles. The summed E-state index contributed by atoms with van der Waals surface area (Å²) in [6.45, 7) is 5.99. The van der Waals surface area contributed by atoms with Crippen molar-refractivity contribution in [3.05, 3.63) is 46.5 Å². The molecule has 0 amide bonds. The molecular formula is C14H14O3. The number of rotatable bonds is 0. The van der Waals surface area contributed by atoms with E-state index in [9.17, 15) is 4.79 Å². The van der Waals surface area contributed by atoms with Gasteiger partial charge in [-0.25, -0.2) is 4.79 Å². The topological polar surface area (TPSA) is 43.4 Å². The first-order chi connectivity index (χ1) is 8.25. The van der Waals surface area contributed by atoms with Gasteiger partial charge in [0.1, 0.15) is 11.2 Å². The second kappa shape index (κ2) is 4.45. The number of hydrogen-bond acceptors (Lipinski definition) is 3. The van der Waals surface area contributed by atoms with Crippen molar-refractivity contribution < 1.29 is 8.83 Å². The predicted molar refractivity (Wildman–Crippen MR) is 68.3 cm³/mol. The fourth-order valence-corrected chi connectivity index (χ4v) is 1.85. The third-order valence-corrected chi connectivity index (χ3v) is 2.63. The molecule has 0 atom stereocenters. The molecule has 0 bridgehead atoms. The molecule has 0 saturated carbocycles. The van der Waals surface area contributed by atoms with E-state index in [0.717, 1.165) is 21.9 Å². The van der Waals surface area contributed by atoms with Crippen molar-refractivity contribution >= 4 is 21.9 Å². The molecule has 3 rings (SSSR count). The highest BCUT2D eigenvalue weighted by Crippen LogP contribution is 2.27. The van der Waals surface area contributed by atoms with Crippen molar-refractivity contribution in [3.63, 3.8) is 0 Å². The summed E-state index contributed by atoms with van der Waals surface area (Å²) in [5, 5.41) is 2.00. The van der Waals surface area contributed by atoms with Crippen molar-refractivity contribution in [2.24, 2.45) is 0 Å². The van der Waals surface area contributed by atoms with Crippen LogP contribution in [0.3, 0.4) is 0 Å². The normalized spacial score (nSPS) is 10.3. The first-order valence-electron chi connectivity index (χ1n) is 5.66. The Kier molecular flexibility index (Phi) is 3.00. The van der Waals surface area contributed by atoms with Crippen LogP contribution in [0.4, 0.5) is 0 Å². The fraction of sp³-hybridized carbons (Fsp3) is 0.214. The molecule has 1 aromatic carbocycles. The van der Waals surface area contributed by atoms with Gasteiger partial charge in [0, 0.05) is 22.9 Å². The minimum atomic E-state index is -0.340. The zero-order valence-electron chi connectivity index (χ0n) is 10.1. The van der Waals surface area contributed by atoms with E-state index < -0.39 is 0 Å². The Morgan fingerprint density at radius 1 is 1.00 bits per heavy atom. The van der Waals surface area contributed by atoms with Crippen LogP contribution in [0.1, 0.15) is 19.4 Å². The van der Waals surface area contributed by atoms with Crippen LogP contribution in [0, 0.1) is 6.92 Å². The Labute approximate surface area is 98.7 Å². The molecule has 0 fully saturated rings. The van der Waals surface area contributed by atoms with E-state index in [1.54, 1.807) is 18.4 Å². The smallest absolute Gasteiger partial charge is 0.336 e. The van der Waals surface area contributed by atoms with Gasteiger partial charge in [0.15, 0.2) is 0 Å². The van der Waals surface area contributed by atoms with Crippen molar-refractivity contribution in [3.8, 4) is 0 Å². The van der Waals surface area contributed by atoms with Crippen molar-refractivity contribution in [2.45, 2.75) is 20.8 Å². The van der Waals surface area contributed by atoms with Gasteiger partial charge in [0.05, 0.1) is 6.26 Å². The SMILES string of the molecule is CC.Cc1c2ccoc2cc2oc(=O)ccc12. The average Bonchev–Trinajstić information content (AvgIpc) is 2.80. The molecule has 2 heterocycles. The number of benzene rings is 1. The summed E-state index contributed by atoms with van der Waals surface area (Å²) < 4.78 is 10.4. The molecular weight excluding hydrogens is 216 g/mol. The molecule has 2 aromatic heterocycles. The lowest BCUT2D eigenvalue weighted by molar-refractivity contribution is 0.559. The Bertz CT molecular complexity index is 704. The number of furan rings is 1. The lowest BCUT2D eigenvalue weighted by atomic mass is 10.1. The molecule has 0 aliphatic heterocycles. The van der Waals surface area contributed by atoms with Crippen molar-refractivity contribution in [1.82, 2.24) is 0 Å². The Hall–Kier alpha value is -2.03. The van der Waals surface area contributed by atoms with Crippen LogP contribution in [0.2, 0.25) is 0 Å². The van der Waals surface area contributed by atoms with Crippen LogP contribution in [0.25, 0.3) is 21.9 Å². The molecule has 0 radical (unpaired) electrons. The van der Waals surface area contributed by atoms with Gasteiger partial charge in [-0.3, -0.25) is 0 Å². The zero-order chi connectivity index (χ0) is 12.4. The summed E-state index contributed by atoms with van der Waals surface area (Å²) in [6, 6.07) is 6.87. The summed E-state index contributed by atoms with van der Waals surface area (Å²) in [6.07, 6.45) is 1.63. The monoisotopic (exact) mass is 230 g/mol. The third kappa shape index (κ3) is 1.84. The summed E-state index contributed by atoms with van der Waals surface area (Å²) in [5.74, 6) is 0.